The van der Waals surface area contributed by atoms with Crippen molar-refractivity contribution in [2.45, 2.75) is 44.9 Å². The van der Waals surface area contributed by atoms with Crippen molar-refractivity contribution in [3.8, 4) is 0 Å². The van der Waals surface area contributed by atoms with Crippen molar-refractivity contribution in [3.05, 3.63) is 39.9 Å². The molecular weight excluding hydrogens is 284 g/mol. The molecule has 22 heavy (non-hydrogen) atoms. The lowest BCUT2D eigenvalue weighted by Gasteiger charge is -2.12. The number of hydrogen-bond donors (Lipinski definition) is 0. The highest BCUT2D eigenvalue weighted by Crippen LogP contribution is 2.16. The maximum absolute atomic E-state index is 11.8. The van der Waals surface area contributed by atoms with Crippen molar-refractivity contribution in [1.82, 2.24) is 4.90 Å². The Kier molecular flexibility index (Phi) is 5.63. The maximum atomic E-state index is 11.8. The Morgan fingerprint density at radius 2 is 1.91 bits per heavy atom. The third-order valence-corrected chi connectivity index (χ3v) is 3.88. The molecule has 1 fully saturated rings. The van der Waals surface area contributed by atoms with Gasteiger partial charge in [0.25, 0.3) is 5.69 Å². The molecular formula is C16H20N2O4. The van der Waals surface area contributed by atoms with Crippen LogP contribution in [0.5, 0.6) is 0 Å². The van der Waals surface area contributed by atoms with Gasteiger partial charge in [0.1, 0.15) is 0 Å². The van der Waals surface area contributed by atoms with Crippen LogP contribution in [0.3, 0.4) is 0 Å². The van der Waals surface area contributed by atoms with Gasteiger partial charge in [0.15, 0.2) is 0 Å². The topological polar surface area (TPSA) is 80.5 Å². The van der Waals surface area contributed by atoms with E-state index < -0.39 is 4.92 Å². The van der Waals surface area contributed by atoms with Crippen molar-refractivity contribution in [3.63, 3.8) is 0 Å². The summed E-state index contributed by atoms with van der Waals surface area (Å²) in [6.07, 6.45) is 5.15. The van der Waals surface area contributed by atoms with Crippen LogP contribution < -0.4 is 0 Å². The number of hydrogen-bond acceptors (Lipinski definition) is 4. The monoisotopic (exact) mass is 304 g/mol. The predicted octanol–water partition coefficient (Wildman–Crippen LogP) is 2.85. The van der Waals surface area contributed by atoms with Gasteiger partial charge in [0.05, 0.1) is 4.92 Å². The fourth-order valence-corrected chi connectivity index (χ4v) is 2.61. The van der Waals surface area contributed by atoms with Gasteiger partial charge in [0, 0.05) is 31.5 Å². The lowest BCUT2D eigenvalue weighted by molar-refractivity contribution is -0.384. The van der Waals surface area contributed by atoms with Crippen LogP contribution in [0.25, 0.3) is 0 Å². The van der Waals surface area contributed by atoms with Gasteiger partial charge in [0.2, 0.25) is 11.8 Å². The van der Waals surface area contributed by atoms with E-state index in [2.05, 4.69) is 0 Å². The molecule has 2 amide bonds. The van der Waals surface area contributed by atoms with E-state index in [0.29, 0.717) is 19.4 Å². The van der Waals surface area contributed by atoms with E-state index in [-0.39, 0.29) is 17.5 Å². The van der Waals surface area contributed by atoms with Crippen LogP contribution in [0.2, 0.25) is 0 Å². The highest BCUT2D eigenvalue weighted by Gasteiger charge is 2.25. The second kappa shape index (κ2) is 7.68. The molecule has 6 heteroatoms. The third kappa shape index (κ3) is 4.38. The molecule has 0 saturated carbocycles. The van der Waals surface area contributed by atoms with Crippen molar-refractivity contribution >= 4 is 17.5 Å². The summed E-state index contributed by atoms with van der Waals surface area (Å²) in [7, 11) is 0. The Bertz CT molecular complexity index is 554. The second-order valence-electron chi connectivity index (χ2n) is 5.53. The van der Waals surface area contributed by atoms with Gasteiger partial charge >= 0.3 is 0 Å². The van der Waals surface area contributed by atoms with Gasteiger partial charge in [-0.3, -0.25) is 24.6 Å². The molecule has 0 atom stereocenters. The van der Waals surface area contributed by atoms with Crippen LogP contribution in [0.1, 0.15) is 44.1 Å². The molecule has 0 unspecified atom stereocenters. The van der Waals surface area contributed by atoms with Crippen molar-refractivity contribution in [2.75, 3.05) is 6.54 Å². The van der Waals surface area contributed by atoms with Crippen LogP contribution in [0.15, 0.2) is 24.3 Å². The fraction of sp³-hybridized carbons (Fsp3) is 0.500. The largest absolute Gasteiger partial charge is 0.283 e. The molecule has 0 N–H and O–H groups in total. The van der Waals surface area contributed by atoms with E-state index >= 15 is 0 Å². The highest BCUT2D eigenvalue weighted by molar-refractivity contribution is 5.96. The number of benzene rings is 1. The first-order chi connectivity index (χ1) is 10.6. The summed E-state index contributed by atoms with van der Waals surface area (Å²) in [6, 6.07) is 6.56. The number of non-ortho nitro benzene ring substituents is 1. The van der Waals surface area contributed by atoms with Gasteiger partial charge in [-0.2, -0.15) is 0 Å². The zero-order chi connectivity index (χ0) is 15.9. The summed E-state index contributed by atoms with van der Waals surface area (Å²) < 4.78 is 0. The average Bonchev–Trinajstić information content (AvgIpc) is 2.93. The fourth-order valence-electron chi connectivity index (χ4n) is 2.61. The number of amides is 2. The lowest BCUT2D eigenvalue weighted by atomic mass is 10.1. The highest BCUT2D eigenvalue weighted by atomic mass is 16.6. The zero-order valence-corrected chi connectivity index (χ0v) is 12.5. The van der Waals surface area contributed by atoms with E-state index in [4.69, 9.17) is 0 Å². The normalized spacial score (nSPS) is 14.4. The Labute approximate surface area is 129 Å². The molecule has 0 spiro atoms. The van der Waals surface area contributed by atoms with Crippen molar-refractivity contribution in [2.24, 2.45) is 0 Å². The summed E-state index contributed by atoms with van der Waals surface area (Å²) in [5.74, 6) is -0.103. The van der Waals surface area contributed by atoms with Gasteiger partial charge < -0.3 is 0 Å². The SMILES string of the molecule is O=C(CCCCCc1ccc([N+](=O)[O-])cc1)N1CCCC1=O. The van der Waals surface area contributed by atoms with Gasteiger partial charge in [-0.1, -0.05) is 18.6 Å². The summed E-state index contributed by atoms with van der Waals surface area (Å²) in [6.45, 7) is 0.570. The summed E-state index contributed by atoms with van der Waals surface area (Å²) >= 11 is 0. The zero-order valence-electron chi connectivity index (χ0n) is 12.5. The number of carbonyl (C=O) groups is 2. The standard InChI is InChI=1S/C16H20N2O4/c19-15(17-12-4-7-16(17)20)6-3-1-2-5-13-8-10-14(11-9-13)18(21)22/h8-11H,1-7,12H2. The molecule has 0 aromatic heterocycles. The maximum Gasteiger partial charge on any atom is 0.269 e. The van der Waals surface area contributed by atoms with E-state index in [9.17, 15) is 19.7 Å². The molecule has 2 rings (SSSR count). The molecule has 1 aromatic carbocycles. The number of imide groups is 1. The number of likely N-dealkylation sites (tertiary alicyclic amines) is 1. The van der Waals surface area contributed by atoms with Crippen LogP contribution >= 0.6 is 0 Å². The van der Waals surface area contributed by atoms with Crippen molar-refractivity contribution < 1.29 is 14.5 Å². The first-order valence-corrected chi connectivity index (χ1v) is 7.64. The first kappa shape index (κ1) is 16.1. The Balaban J connectivity index is 1.64. The number of nitro benzene ring substituents is 1. The number of aryl methyl sites for hydroxylation is 1. The average molecular weight is 304 g/mol. The molecule has 1 saturated heterocycles. The lowest BCUT2D eigenvalue weighted by Crippen LogP contribution is -2.31. The minimum Gasteiger partial charge on any atom is -0.283 e. The van der Waals surface area contributed by atoms with Crippen LogP contribution in [0, 0.1) is 10.1 Å². The number of rotatable bonds is 7. The van der Waals surface area contributed by atoms with Crippen LogP contribution in [-0.2, 0) is 16.0 Å². The molecule has 0 aliphatic carbocycles. The summed E-state index contributed by atoms with van der Waals surface area (Å²) in [4.78, 5) is 34.8. The minimum atomic E-state index is -0.408. The number of nitrogens with zero attached hydrogens (tertiary/aromatic N) is 2. The first-order valence-electron chi connectivity index (χ1n) is 7.64. The van der Waals surface area contributed by atoms with Gasteiger partial charge in [-0.05, 0) is 31.2 Å². The Morgan fingerprint density at radius 3 is 2.50 bits per heavy atom. The summed E-state index contributed by atoms with van der Waals surface area (Å²) in [5, 5.41) is 10.6. The second-order valence-corrected chi connectivity index (χ2v) is 5.53. The van der Waals surface area contributed by atoms with Gasteiger partial charge in [-0.15, -0.1) is 0 Å². The molecule has 6 nitrogen and oxygen atoms in total. The molecule has 1 aromatic rings. The molecule has 118 valence electrons. The third-order valence-electron chi connectivity index (χ3n) is 3.88. The number of unbranched alkanes of at least 4 members (excludes halogenated alkanes) is 2. The van der Waals surface area contributed by atoms with Gasteiger partial charge in [-0.25, -0.2) is 0 Å². The number of nitro groups is 1. The smallest absolute Gasteiger partial charge is 0.269 e. The van der Waals surface area contributed by atoms with E-state index in [1.807, 2.05) is 0 Å². The Morgan fingerprint density at radius 1 is 1.18 bits per heavy atom. The number of carbonyl (C=O) groups excluding carboxylic acids is 2. The Hall–Kier alpha value is -2.24. The van der Waals surface area contributed by atoms with Crippen molar-refractivity contribution in [1.29, 1.82) is 0 Å². The molecule has 0 radical (unpaired) electrons. The quantitative estimate of drug-likeness (QED) is 0.440. The van der Waals surface area contributed by atoms with E-state index in [0.717, 1.165) is 37.7 Å². The molecule has 1 heterocycles. The molecule has 1 aliphatic heterocycles. The van der Waals surface area contributed by atoms with E-state index in [1.165, 1.54) is 17.0 Å². The minimum absolute atomic E-state index is 0.0455. The van der Waals surface area contributed by atoms with Crippen LogP contribution in [0.4, 0.5) is 5.69 Å². The van der Waals surface area contributed by atoms with Crippen LogP contribution in [-0.4, -0.2) is 28.2 Å². The molecule has 0 bridgehead atoms. The summed E-state index contributed by atoms with van der Waals surface area (Å²) in [5.41, 5.74) is 1.16. The predicted molar refractivity (Wildman–Crippen MR) is 81.2 cm³/mol. The van der Waals surface area contributed by atoms with E-state index in [1.54, 1.807) is 12.1 Å². The molecule has 1 aliphatic rings.